The molecule has 2 rings (SSSR count). The molecule has 0 saturated carbocycles. The van der Waals surface area contributed by atoms with E-state index in [4.69, 9.17) is 0 Å². The average molecular weight is 339 g/mol. The van der Waals surface area contributed by atoms with Crippen molar-refractivity contribution in [2.24, 2.45) is 0 Å². The van der Waals surface area contributed by atoms with Crippen LogP contribution in [0.15, 0.2) is 30.3 Å². The normalized spacial score (nSPS) is 19.1. The molecule has 0 aliphatic carbocycles. The van der Waals surface area contributed by atoms with Crippen molar-refractivity contribution in [1.29, 1.82) is 0 Å². The summed E-state index contributed by atoms with van der Waals surface area (Å²) in [5.41, 5.74) is 1.25. The van der Waals surface area contributed by atoms with Gasteiger partial charge in [-0.15, -0.1) is 0 Å². The quantitative estimate of drug-likeness (QED) is 0.827. The first kappa shape index (κ1) is 17.9. The minimum Gasteiger partial charge on any atom is -0.340 e. The Hall–Kier alpha value is -1.44. The van der Waals surface area contributed by atoms with E-state index in [9.17, 15) is 13.2 Å². The van der Waals surface area contributed by atoms with Gasteiger partial charge in [0.15, 0.2) is 0 Å². The number of piperidine rings is 1. The number of nitrogens with one attached hydrogen (secondary N) is 1. The van der Waals surface area contributed by atoms with Crippen molar-refractivity contribution in [2.45, 2.75) is 25.4 Å². The van der Waals surface area contributed by atoms with Crippen LogP contribution < -0.4 is 4.72 Å². The van der Waals surface area contributed by atoms with E-state index in [-0.39, 0.29) is 12.5 Å². The number of benzene rings is 1. The van der Waals surface area contributed by atoms with E-state index >= 15 is 0 Å². The van der Waals surface area contributed by atoms with Gasteiger partial charge in [0.05, 0.1) is 12.8 Å². The molecule has 1 aromatic rings. The number of hydrogen-bond donors (Lipinski definition) is 1. The molecule has 0 spiro atoms. The van der Waals surface area contributed by atoms with Gasteiger partial charge in [0.1, 0.15) is 0 Å². The predicted octanol–water partition coefficient (Wildman–Crippen LogP) is 0.659. The van der Waals surface area contributed by atoms with Gasteiger partial charge >= 0.3 is 0 Å². The number of rotatable bonds is 6. The highest BCUT2D eigenvalue weighted by atomic mass is 32.2. The minimum absolute atomic E-state index is 0.159. The number of sulfonamides is 1. The van der Waals surface area contributed by atoms with Crippen LogP contribution in [0.2, 0.25) is 0 Å². The summed E-state index contributed by atoms with van der Waals surface area (Å²) in [6.45, 7) is 2.02. The van der Waals surface area contributed by atoms with Gasteiger partial charge in [0.2, 0.25) is 15.9 Å². The van der Waals surface area contributed by atoms with Crippen LogP contribution in [0.5, 0.6) is 0 Å². The summed E-state index contributed by atoms with van der Waals surface area (Å²) in [5, 5.41) is 0. The minimum atomic E-state index is -3.34. The molecule has 6 nitrogen and oxygen atoms in total. The van der Waals surface area contributed by atoms with Gasteiger partial charge in [-0.3, -0.25) is 9.69 Å². The van der Waals surface area contributed by atoms with Gasteiger partial charge in [-0.1, -0.05) is 30.3 Å². The molecule has 1 N–H and O–H groups in total. The Morgan fingerprint density at radius 3 is 2.70 bits per heavy atom. The van der Waals surface area contributed by atoms with Crippen LogP contribution in [-0.2, 0) is 21.4 Å². The molecule has 0 aromatic heterocycles. The van der Waals surface area contributed by atoms with Crippen LogP contribution in [0, 0.1) is 0 Å². The highest BCUT2D eigenvalue weighted by Crippen LogP contribution is 2.17. The molecule has 23 heavy (non-hydrogen) atoms. The van der Waals surface area contributed by atoms with Gasteiger partial charge < -0.3 is 4.90 Å². The second-order valence-electron chi connectivity index (χ2n) is 6.13. The molecule has 128 valence electrons. The fourth-order valence-corrected chi connectivity index (χ4v) is 3.23. The molecule has 1 heterocycles. The van der Waals surface area contributed by atoms with Crippen LogP contribution in [0.4, 0.5) is 0 Å². The van der Waals surface area contributed by atoms with Crippen LogP contribution in [0.25, 0.3) is 0 Å². The summed E-state index contributed by atoms with van der Waals surface area (Å²) >= 11 is 0. The third-order valence-electron chi connectivity index (χ3n) is 4.13. The SMILES string of the molecule is CN(Cc1ccccc1)[C@@H]1CCCN(C(=O)CNS(C)(=O)=O)C1. The number of amides is 1. The maximum absolute atomic E-state index is 12.2. The summed E-state index contributed by atoms with van der Waals surface area (Å²) in [5.74, 6) is -0.159. The third kappa shape index (κ3) is 5.93. The van der Waals surface area contributed by atoms with Gasteiger partial charge in [-0.05, 0) is 25.5 Å². The van der Waals surface area contributed by atoms with E-state index in [1.807, 2.05) is 18.2 Å². The van der Waals surface area contributed by atoms with Gasteiger partial charge in [-0.25, -0.2) is 13.1 Å². The van der Waals surface area contributed by atoms with Crippen LogP contribution >= 0.6 is 0 Å². The van der Waals surface area contributed by atoms with Crippen LogP contribution in [0.1, 0.15) is 18.4 Å². The zero-order chi connectivity index (χ0) is 16.9. The lowest BCUT2D eigenvalue weighted by atomic mass is 10.0. The molecule has 0 radical (unpaired) electrons. The largest absolute Gasteiger partial charge is 0.340 e. The molecule has 1 saturated heterocycles. The van der Waals surface area contributed by atoms with Gasteiger partial charge in [0, 0.05) is 25.7 Å². The van der Waals surface area contributed by atoms with Gasteiger partial charge in [0.25, 0.3) is 0 Å². The maximum atomic E-state index is 12.2. The number of carbonyl (C=O) groups is 1. The Labute approximate surface area is 138 Å². The van der Waals surface area contributed by atoms with Gasteiger partial charge in [-0.2, -0.15) is 0 Å². The second-order valence-corrected chi connectivity index (χ2v) is 7.96. The smallest absolute Gasteiger partial charge is 0.237 e. The van der Waals surface area contributed by atoms with Crippen LogP contribution in [0.3, 0.4) is 0 Å². The first-order valence-corrected chi connectivity index (χ1v) is 9.71. The molecule has 0 unspecified atom stereocenters. The maximum Gasteiger partial charge on any atom is 0.237 e. The average Bonchev–Trinajstić information content (AvgIpc) is 2.53. The van der Waals surface area contributed by atoms with Crippen molar-refractivity contribution in [3.63, 3.8) is 0 Å². The Balaban J connectivity index is 1.88. The van der Waals surface area contributed by atoms with E-state index in [1.54, 1.807) is 4.90 Å². The topological polar surface area (TPSA) is 69.7 Å². The lowest BCUT2D eigenvalue weighted by molar-refractivity contribution is -0.132. The van der Waals surface area contributed by atoms with Crippen molar-refractivity contribution < 1.29 is 13.2 Å². The van der Waals surface area contributed by atoms with E-state index in [0.29, 0.717) is 19.1 Å². The molecule has 0 bridgehead atoms. The molecule has 1 atom stereocenters. The summed E-state index contributed by atoms with van der Waals surface area (Å²) < 4.78 is 24.5. The molecule has 1 aromatic carbocycles. The van der Waals surface area contributed by atoms with E-state index in [2.05, 4.69) is 28.8 Å². The molecule has 1 aliphatic heterocycles. The number of carbonyl (C=O) groups excluding carboxylic acids is 1. The predicted molar refractivity (Wildman–Crippen MR) is 90.4 cm³/mol. The molecular weight excluding hydrogens is 314 g/mol. The van der Waals surface area contributed by atoms with Crippen molar-refractivity contribution in [3.05, 3.63) is 35.9 Å². The zero-order valence-corrected chi connectivity index (χ0v) is 14.6. The second kappa shape index (κ2) is 7.90. The fraction of sp³-hybridized carbons (Fsp3) is 0.562. The lowest BCUT2D eigenvalue weighted by Gasteiger charge is -2.37. The number of likely N-dealkylation sites (N-methyl/N-ethyl adjacent to an activating group) is 1. The van der Waals surface area contributed by atoms with Crippen LogP contribution in [-0.4, -0.2) is 63.1 Å². The highest BCUT2D eigenvalue weighted by molar-refractivity contribution is 7.88. The van der Waals surface area contributed by atoms with E-state index in [0.717, 1.165) is 25.6 Å². The number of likely N-dealkylation sites (tertiary alicyclic amines) is 1. The summed E-state index contributed by atoms with van der Waals surface area (Å²) in [7, 11) is -1.27. The Bertz CT molecular complexity index is 619. The Morgan fingerprint density at radius 2 is 2.04 bits per heavy atom. The van der Waals surface area contributed by atoms with E-state index < -0.39 is 10.0 Å². The van der Waals surface area contributed by atoms with Crippen molar-refractivity contribution in [3.8, 4) is 0 Å². The first-order chi connectivity index (χ1) is 10.8. The lowest BCUT2D eigenvalue weighted by Crippen LogP contribution is -2.50. The first-order valence-electron chi connectivity index (χ1n) is 7.82. The third-order valence-corrected chi connectivity index (χ3v) is 4.80. The van der Waals surface area contributed by atoms with Crippen molar-refractivity contribution >= 4 is 15.9 Å². The molecule has 1 aliphatic rings. The van der Waals surface area contributed by atoms with E-state index in [1.165, 1.54) is 5.56 Å². The molecular formula is C16H25N3O3S. The summed E-state index contributed by atoms with van der Waals surface area (Å²) in [6, 6.07) is 10.5. The number of nitrogens with zero attached hydrogens (tertiary/aromatic N) is 2. The Morgan fingerprint density at radius 1 is 1.35 bits per heavy atom. The summed E-state index contributed by atoms with van der Waals surface area (Å²) in [6.07, 6.45) is 3.05. The van der Waals surface area contributed by atoms with Crippen molar-refractivity contribution in [2.75, 3.05) is 32.9 Å². The monoisotopic (exact) mass is 339 g/mol. The molecule has 1 fully saturated rings. The fourth-order valence-electron chi connectivity index (χ4n) is 2.85. The summed E-state index contributed by atoms with van der Waals surface area (Å²) in [4.78, 5) is 16.2. The van der Waals surface area contributed by atoms with Crippen molar-refractivity contribution in [1.82, 2.24) is 14.5 Å². The number of hydrogen-bond acceptors (Lipinski definition) is 4. The molecule has 7 heteroatoms. The highest BCUT2D eigenvalue weighted by Gasteiger charge is 2.26. The zero-order valence-electron chi connectivity index (χ0n) is 13.7. The molecule has 1 amide bonds. The Kier molecular flexibility index (Phi) is 6.15. The standard InChI is InChI=1S/C16H25N3O3S/c1-18(12-14-7-4-3-5-8-14)15-9-6-10-19(13-15)16(20)11-17-23(2,21)22/h3-5,7-8,15,17H,6,9-13H2,1-2H3/t15-/m1/s1.